The number of ether oxygens (including phenoxy) is 1. The van der Waals surface area contributed by atoms with E-state index in [1.165, 1.54) is 0 Å². The van der Waals surface area contributed by atoms with Crippen LogP contribution in [0.1, 0.15) is 42.7 Å². The van der Waals surface area contributed by atoms with Crippen molar-refractivity contribution in [2.24, 2.45) is 5.92 Å². The average Bonchev–Trinajstić information content (AvgIpc) is 2.91. The van der Waals surface area contributed by atoms with Crippen molar-refractivity contribution in [2.75, 3.05) is 18.9 Å². The second-order valence-corrected chi connectivity index (χ2v) is 5.20. The summed E-state index contributed by atoms with van der Waals surface area (Å²) in [6, 6.07) is 3.42. The van der Waals surface area contributed by atoms with Crippen LogP contribution < -0.4 is 11.1 Å². The zero-order valence-corrected chi connectivity index (χ0v) is 12.2. The number of carbonyl (C=O) groups is 1. The molecule has 0 aromatic carbocycles. The summed E-state index contributed by atoms with van der Waals surface area (Å²) in [5, 5.41) is 2.98. The predicted molar refractivity (Wildman–Crippen MR) is 78.5 cm³/mol. The van der Waals surface area contributed by atoms with Crippen molar-refractivity contribution < 1.29 is 9.53 Å². The molecule has 1 aliphatic rings. The SMILES string of the molecule is CCc1cc(C(=O)NCC2CCOC2CC)cc(N)n1. The molecule has 5 nitrogen and oxygen atoms in total. The summed E-state index contributed by atoms with van der Waals surface area (Å²) in [7, 11) is 0. The minimum absolute atomic E-state index is 0.0875. The van der Waals surface area contributed by atoms with Gasteiger partial charge in [0.1, 0.15) is 5.82 Å². The summed E-state index contributed by atoms with van der Waals surface area (Å²) in [6.07, 6.45) is 3.03. The third-order valence-electron chi connectivity index (χ3n) is 3.80. The van der Waals surface area contributed by atoms with Crippen LogP contribution in [0.15, 0.2) is 12.1 Å². The molecule has 2 rings (SSSR count). The van der Waals surface area contributed by atoms with Gasteiger partial charge < -0.3 is 15.8 Å². The van der Waals surface area contributed by atoms with Gasteiger partial charge in [0.25, 0.3) is 5.91 Å². The van der Waals surface area contributed by atoms with E-state index in [-0.39, 0.29) is 12.0 Å². The molecule has 0 aliphatic carbocycles. The number of carbonyl (C=O) groups excluding carboxylic acids is 1. The number of hydrogen-bond donors (Lipinski definition) is 2. The van der Waals surface area contributed by atoms with Gasteiger partial charge in [-0.2, -0.15) is 0 Å². The van der Waals surface area contributed by atoms with Gasteiger partial charge in [0, 0.05) is 30.3 Å². The number of aromatic nitrogens is 1. The van der Waals surface area contributed by atoms with Gasteiger partial charge in [-0.3, -0.25) is 4.79 Å². The number of aryl methyl sites for hydroxylation is 1. The van der Waals surface area contributed by atoms with E-state index in [0.29, 0.717) is 23.8 Å². The highest BCUT2D eigenvalue weighted by Crippen LogP contribution is 2.22. The number of nitrogens with one attached hydrogen (secondary N) is 1. The molecule has 1 saturated heterocycles. The Kier molecular flexibility index (Phi) is 4.95. The van der Waals surface area contributed by atoms with Crippen molar-refractivity contribution >= 4 is 11.7 Å². The Hall–Kier alpha value is -1.62. The molecule has 0 radical (unpaired) electrons. The van der Waals surface area contributed by atoms with Gasteiger partial charge in [-0.05, 0) is 31.4 Å². The van der Waals surface area contributed by atoms with Gasteiger partial charge in [0.2, 0.25) is 0 Å². The number of hydrogen-bond acceptors (Lipinski definition) is 4. The van der Waals surface area contributed by atoms with Gasteiger partial charge in [-0.15, -0.1) is 0 Å². The molecule has 1 aromatic rings. The van der Waals surface area contributed by atoms with Gasteiger partial charge in [-0.1, -0.05) is 13.8 Å². The first-order chi connectivity index (χ1) is 9.63. The predicted octanol–water partition coefficient (Wildman–Crippen LogP) is 1.77. The van der Waals surface area contributed by atoms with Gasteiger partial charge in [0.15, 0.2) is 0 Å². The highest BCUT2D eigenvalue weighted by molar-refractivity contribution is 5.94. The standard InChI is InChI=1S/C15H23N3O2/c1-3-12-7-11(8-14(16)18-12)15(19)17-9-10-5-6-20-13(10)4-2/h7-8,10,13H,3-6,9H2,1-2H3,(H2,16,18)(H,17,19). The maximum Gasteiger partial charge on any atom is 0.251 e. The molecular formula is C15H23N3O2. The smallest absolute Gasteiger partial charge is 0.251 e. The molecule has 0 bridgehead atoms. The van der Waals surface area contributed by atoms with E-state index in [9.17, 15) is 4.79 Å². The molecule has 3 N–H and O–H groups in total. The van der Waals surface area contributed by atoms with E-state index in [2.05, 4.69) is 17.2 Å². The Balaban J connectivity index is 1.96. The molecule has 1 aromatic heterocycles. The zero-order chi connectivity index (χ0) is 14.5. The van der Waals surface area contributed by atoms with Gasteiger partial charge in [0.05, 0.1) is 6.10 Å². The first-order valence-corrected chi connectivity index (χ1v) is 7.30. The van der Waals surface area contributed by atoms with E-state index < -0.39 is 0 Å². The van der Waals surface area contributed by atoms with Crippen LogP contribution in [0.3, 0.4) is 0 Å². The fourth-order valence-electron chi connectivity index (χ4n) is 2.63. The number of nitrogens with two attached hydrogens (primary N) is 1. The van der Waals surface area contributed by atoms with Crippen LogP contribution in [0.25, 0.3) is 0 Å². The lowest BCUT2D eigenvalue weighted by molar-refractivity contribution is 0.0827. The summed E-state index contributed by atoms with van der Waals surface area (Å²) in [6.45, 7) is 5.55. The first-order valence-electron chi connectivity index (χ1n) is 7.30. The molecule has 0 spiro atoms. The van der Waals surface area contributed by atoms with Crippen molar-refractivity contribution in [1.29, 1.82) is 0 Å². The molecule has 2 unspecified atom stereocenters. The molecule has 1 fully saturated rings. The topological polar surface area (TPSA) is 77.2 Å². The minimum Gasteiger partial charge on any atom is -0.384 e. The Labute approximate surface area is 119 Å². The van der Waals surface area contributed by atoms with E-state index in [4.69, 9.17) is 10.5 Å². The lowest BCUT2D eigenvalue weighted by atomic mass is 9.99. The molecule has 20 heavy (non-hydrogen) atoms. The fraction of sp³-hybridized carbons (Fsp3) is 0.600. The Morgan fingerprint density at radius 1 is 1.50 bits per heavy atom. The highest BCUT2D eigenvalue weighted by atomic mass is 16.5. The van der Waals surface area contributed by atoms with Gasteiger partial charge >= 0.3 is 0 Å². The lowest BCUT2D eigenvalue weighted by Crippen LogP contribution is -2.32. The molecule has 5 heteroatoms. The molecule has 1 amide bonds. The third-order valence-corrected chi connectivity index (χ3v) is 3.80. The number of amides is 1. The number of nitrogen functional groups attached to an aromatic ring is 1. The highest BCUT2D eigenvalue weighted by Gasteiger charge is 2.26. The summed E-state index contributed by atoms with van der Waals surface area (Å²) in [5.74, 6) is 0.717. The number of pyridine rings is 1. The fourth-order valence-corrected chi connectivity index (χ4v) is 2.63. The first kappa shape index (κ1) is 14.8. The quantitative estimate of drug-likeness (QED) is 0.860. The number of nitrogens with zero attached hydrogens (tertiary/aromatic N) is 1. The van der Waals surface area contributed by atoms with Crippen LogP contribution in [0.4, 0.5) is 5.82 Å². The minimum atomic E-state index is -0.0875. The van der Waals surface area contributed by atoms with Crippen molar-refractivity contribution in [3.8, 4) is 0 Å². The number of rotatable bonds is 5. The summed E-state index contributed by atoms with van der Waals surface area (Å²) in [4.78, 5) is 16.4. The van der Waals surface area contributed by atoms with E-state index in [0.717, 1.165) is 31.6 Å². The monoisotopic (exact) mass is 277 g/mol. The van der Waals surface area contributed by atoms with Crippen LogP contribution in [-0.4, -0.2) is 30.1 Å². The van der Waals surface area contributed by atoms with Crippen molar-refractivity contribution in [1.82, 2.24) is 10.3 Å². The Bertz CT molecular complexity index is 476. The van der Waals surface area contributed by atoms with Crippen molar-refractivity contribution in [3.05, 3.63) is 23.4 Å². The third kappa shape index (κ3) is 3.48. The molecule has 110 valence electrons. The average molecular weight is 277 g/mol. The molecular weight excluding hydrogens is 254 g/mol. The lowest BCUT2D eigenvalue weighted by Gasteiger charge is -2.17. The van der Waals surface area contributed by atoms with E-state index in [1.807, 2.05) is 6.92 Å². The number of anilines is 1. The van der Waals surface area contributed by atoms with Crippen molar-refractivity contribution in [2.45, 2.75) is 39.2 Å². The van der Waals surface area contributed by atoms with Crippen LogP contribution in [0.5, 0.6) is 0 Å². The Morgan fingerprint density at radius 2 is 2.30 bits per heavy atom. The largest absolute Gasteiger partial charge is 0.384 e. The maximum atomic E-state index is 12.2. The van der Waals surface area contributed by atoms with E-state index >= 15 is 0 Å². The van der Waals surface area contributed by atoms with Crippen LogP contribution >= 0.6 is 0 Å². The second kappa shape index (κ2) is 6.70. The summed E-state index contributed by atoms with van der Waals surface area (Å²) < 4.78 is 5.63. The van der Waals surface area contributed by atoms with Crippen LogP contribution in [-0.2, 0) is 11.2 Å². The molecule has 0 saturated carbocycles. The Morgan fingerprint density at radius 3 is 3.00 bits per heavy atom. The normalized spacial score (nSPS) is 21.9. The second-order valence-electron chi connectivity index (χ2n) is 5.20. The van der Waals surface area contributed by atoms with E-state index in [1.54, 1.807) is 12.1 Å². The summed E-state index contributed by atoms with van der Waals surface area (Å²) in [5.41, 5.74) is 7.15. The molecule has 2 atom stereocenters. The molecule has 1 aliphatic heterocycles. The molecule has 2 heterocycles. The van der Waals surface area contributed by atoms with Gasteiger partial charge in [-0.25, -0.2) is 4.98 Å². The van der Waals surface area contributed by atoms with Crippen molar-refractivity contribution in [3.63, 3.8) is 0 Å². The van der Waals surface area contributed by atoms with Crippen LogP contribution in [0.2, 0.25) is 0 Å². The summed E-state index contributed by atoms with van der Waals surface area (Å²) >= 11 is 0. The maximum absolute atomic E-state index is 12.2. The van der Waals surface area contributed by atoms with Crippen LogP contribution in [0, 0.1) is 5.92 Å². The zero-order valence-electron chi connectivity index (χ0n) is 12.2.